The summed E-state index contributed by atoms with van der Waals surface area (Å²) in [5.74, 6) is 0. The second kappa shape index (κ2) is 5.07. The Morgan fingerprint density at radius 1 is 1.36 bits per heavy atom. The van der Waals surface area contributed by atoms with Gasteiger partial charge in [-0.15, -0.1) is 5.16 Å². The van der Waals surface area contributed by atoms with E-state index in [-0.39, 0.29) is 0 Å². The van der Waals surface area contributed by atoms with Crippen LogP contribution >= 0.6 is 0 Å². The quantitative estimate of drug-likeness (QED) is 0.209. The molecule has 0 aromatic heterocycles. The third-order valence-corrected chi connectivity index (χ3v) is 1.47. The van der Waals surface area contributed by atoms with Crippen molar-refractivity contribution in [3.05, 3.63) is 0 Å². The number of nitrogens with zero attached hydrogens (tertiary/aromatic N) is 1. The maximum absolute atomic E-state index is 9.87. The number of carbonyl (C=O) groups is 1. The fourth-order valence-corrected chi connectivity index (χ4v) is 0.781. The molecule has 0 atom stereocenters. The zero-order chi connectivity index (χ0) is 8.74. The summed E-state index contributed by atoms with van der Waals surface area (Å²) >= 11 is 0. The average molecular weight is 173 g/mol. The van der Waals surface area contributed by atoms with Gasteiger partial charge >= 0.3 is 0 Å². The molecule has 0 aliphatic rings. The lowest BCUT2D eigenvalue weighted by atomic mass is 10.4. The van der Waals surface area contributed by atoms with Gasteiger partial charge in [0.2, 0.25) is 0 Å². The summed E-state index contributed by atoms with van der Waals surface area (Å²) in [5, 5.41) is 3.76. The van der Waals surface area contributed by atoms with Gasteiger partial charge in [0, 0.05) is 12.6 Å². The lowest BCUT2D eigenvalue weighted by Crippen LogP contribution is -2.22. The second-order valence-corrected chi connectivity index (χ2v) is 7.64. The van der Waals surface area contributed by atoms with E-state index >= 15 is 0 Å². The minimum absolute atomic E-state index is 0.526. The van der Waals surface area contributed by atoms with Gasteiger partial charge in [-0.25, -0.2) is 0 Å². The number of carbonyl (C=O) groups excluding carboxylic acids is 1. The third kappa shape index (κ3) is 9.36. The first-order valence-electron chi connectivity index (χ1n) is 3.70. The Morgan fingerprint density at radius 2 is 2.00 bits per heavy atom. The molecule has 0 aromatic carbocycles. The predicted octanol–water partition coefficient (Wildman–Crippen LogP) is 1.80. The molecule has 0 aromatic rings. The number of hydrogen-bond donors (Lipinski definition) is 0. The summed E-state index contributed by atoms with van der Waals surface area (Å²) in [5.41, 5.74) is 0. The minimum atomic E-state index is -1.50. The van der Waals surface area contributed by atoms with Gasteiger partial charge in [0.05, 0.1) is 0 Å². The van der Waals surface area contributed by atoms with Gasteiger partial charge in [-0.2, -0.15) is 0 Å². The number of oxime groups is 1. The molecule has 4 heteroatoms. The highest BCUT2D eigenvalue weighted by atomic mass is 28.4. The van der Waals surface area contributed by atoms with E-state index in [1.807, 2.05) is 0 Å². The second-order valence-electron chi connectivity index (χ2n) is 3.24. The van der Waals surface area contributed by atoms with E-state index in [4.69, 9.17) is 4.53 Å². The molecule has 0 spiro atoms. The van der Waals surface area contributed by atoms with Crippen molar-refractivity contribution in [1.29, 1.82) is 0 Å². The fourth-order valence-electron chi connectivity index (χ4n) is 0.391. The van der Waals surface area contributed by atoms with Crippen molar-refractivity contribution in [3.63, 3.8) is 0 Å². The van der Waals surface area contributed by atoms with Crippen LogP contribution in [-0.4, -0.2) is 20.8 Å². The van der Waals surface area contributed by atoms with Gasteiger partial charge in [-0.05, 0) is 26.1 Å². The maximum atomic E-state index is 9.87. The molecule has 64 valence electrons. The van der Waals surface area contributed by atoms with Crippen molar-refractivity contribution < 1.29 is 9.32 Å². The normalized spacial score (nSPS) is 11.9. The summed E-state index contributed by atoms with van der Waals surface area (Å²) in [4.78, 5) is 9.87. The van der Waals surface area contributed by atoms with Crippen molar-refractivity contribution in [2.24, 2.45) is 5.16 Å². The Morgan fingerprint density at radius 3 is 2.45 bits per heavy atom. The van der Waals surface area contributed by atoms with Crippen LogP contribution in [0.5, 0.6) is 0 Å². The fraction of sp³-hybridized carbons (Fsp3) is 0.714. The number of rotatable bonds is 5. The van der Waals surface area contributed by atoms with Crippen molar-refractivity contribution in [3.8, 4) is 0 Å². The molecule has 0 fully saturated rings. The highest BCUT2D eigenvalue weighted by molar-refractivity contribution is 6.69. The molecule has 0 amide bonds. The average Bonchev–Trinajstić information content (AvgIpc) is 1.85. The summed E-state index contributed by atoms with van der Waals surface area (Å²) < 4.78 is 5.17. The molecule has 0 saturated heterocycles. The first kappa shape index (κ1) is 10.4. The molecule has 0 heterocycles. The first-order valence-corrected chi connectivity index (χ1v) is 7.11. The molecule has 0 unspecified atom stereocenters. The Bertz CT molecular complexity index is 140. The predicted molar refractivity (Wildman–Crippen MR) is 48.2 cm³/mol. The monoisotopic (exact) mass is 173 g/mol. The van der Waals surface area contributed by atoms with E-state index in [9.17, 15) is 4.79 Å². The maximum Gasteiger partial charge on any atom is 0.278 e. The molecular formula is C7H15NO2Si. The van der Waals surface area contributed by atoms with Crippen LogP contribution in [0, 0.1) is 0 Å². The SMILES string of the molecule is C[Si](C)(C)ON=CCCC=O. The number of aldehydes is 1. The minimum Gasteiger partial charge on any atom is -0.456 e. The van der Waals surface area contributed by atoms with Gasteiger partial charge < -0.3 is 9.32 Å². The van der Waals surface area contributed by atoms with Crippen LogP contribution in [0.25, 0.3) is 0 Å². The number of hydrogen-bond acceptors (Lipinski definition) is 3. The van der Waals surface area contributed by atoms with Gasteiger partial charge in [-0.3, -0.25) is 0 Å². The third-order valence-electron chi connectivity index (χ3n) is 0.815. The Balaban J connectivity index is 3.37. The van der Waals surface area contributed by atoms with E-state index in [1.54, 1.807) is 6.21 Å². The molecule has 11 heavy (non-hydrogen) atoms. The van der Waals surface area contributed by atoms with Crippen LogP contribution in [-0.2, 0) is 9.32 Å². The van der Waals surface area contributed by atoms with Gasteiger partial charge in [0.25, 0.3) is 8.32 Å². The molecule has 0 N–H and O–H groups in total. The van der Waals surface area contributed by atoms with Gasteiger partial charge in [0.1, 0.15) is 6.29 Å². The van der Waals surface area contributed by atoms with Crippen LogP contribution in [0.4, 0.5) is 0 Å². The van der Waals surface area contributed by atoms with Crippen LogP contribution in [0.15, 0.2) is 5.16 Å². The van der Waals surface area contributed by atoms with Crippen molar-refractivity contribution in [2.45, 2.75) is 32.5 Å². The topological polar surface area (TPSA) is 38.7 Å². The molecule has 0 aliphatic heterocycles. The van der Waals surface area contributed by atoms with Crippen LogP contribution in [0.2, 0.25) is 19.6 Å². The van der Waals surface area contributed by atoms with Gasteiger partial charge in [-0.1, -0.05) is 0 Å². The van der Waals surface area contributed by atoms with Crippen molar-refractivity contribution in [2.75, 3.05) is 0 Å². The molecule has 0 aliphatic carbocycles. The van der Waals surface area contributed by atoms with Crippen molar-refractivity contribution >= 4 is 20.8 Å². The first-order chi connectivity index (χ1) is 5.06. The zero-order valence-electron chi connectivity index (χ0n) is 7.33. The Hall–Kier alpha value is -0.643. The summed E-state index contributed by atoms with van der Waals surface area (Å²) in [6.45, 7) is 6.18. The molecule has 0 rings (SSSR count). The molecule has 0 bridgehead atoms. The van der Waals surface area contributed by atoms with E-state index in [0.29, 0.717) is 12.8 Å². The van der Waals surface area contributed by atoms with E-state index in [0.717, 1.165) is 6.29 Å². The number of unbranched alkanes of at least 4 members (excludes halogenated alkanes) is 1. The lowest BCUT2D eigenvalue weighted by molar-refractivity contribution is -0.107. The molecule has 0 saturated carbocycles. The summed E-state index contributed by atoms with van der Waals surface area (Å²) in [7, 11) is -1.50. The van der Waals surface area contributed by atoms with E-state index < -0.39 is 8.32 Å². The standard InChI is InChI=1S/C7H15NO2Si/c1-11(2,3)10-8-6-4-5-7-9/h6-7H,4-5H2,1-3H3. The van der Waals surface area contributed by atoms with Crippen LogP contribution in [0.1, 0.15) is 12.8 Å². The van der Waals surface area contributed by atoms with Crippen LogP contribution in [0.3, 0.4) is 0 Å². The highest BCUT2D eigenvalue weighted by Gasteiger charge is 2.14. The summed E-state index contributed by atoms with van der Waals surface area (Å²) in [6.07, 6.45) is 3.72. The lowest BCUT2D eigenvalue weighted by Gasteiger charge is -2.11. The zero-order valence-corrected chi connectivity index (χ0v) is 8.33. The van der Waals surface area contributed by atoms with Crippen molar-refractivity contribution in [1.82, 2.24) is 0 Å². The van der Waals surface area contributed by atoms with E-state index in [1.165, 1.54) is 0 Å². The van der Waals surface area contributed by atoms with Gasteiger partial charge in [0.15, 0.2) is 0 Å². The Kier molecular flexibility index (Phi) is 4.77. The van der Waals surface area contributed by atoms with Crippen LogP contribution < -0.4 is 0 Å². The molecule has 0 radical (unpaired) electrons. The summed E-state index contributed by atoms with van der Waals surface area (Å²) in [6, 6.07) is 0. The Labute approximate surface area is 68.6 Å². The molecular weight excluding hydrogens is 158 g/mol. The smallest absolute Gasteiger partial charge is 0.278 e. The van der Waals surface area contributed by atoms with E-state index in [2.05, 4.69) is 24.8 Å². The largest absolute Gasteiger partial charge is 0.456 e. The highest BCUT2D eigenvalue weighted by Crippen LogP contribution is 2.01. The molecule has 3 nitrogen and oxygen atoms in total.